The van der Waals surface area contributed by atoms with Crippen molar-refractivity contribution in [1.29, 1.82) is 0 Å². The van der Waals surface area contributed by atoms with Crippen molar-refractivity contribution in [3.63, 3.8) is 0 Å². The first-order valence-corrected chi connectivity index (χ1v) is 15.5. The maximum Gasteiger partial charge on any atom is 0.251 e. The predicted octanol–water partition coefficient (Wildman–Crippen LogP) is 1.56. The lowest BCUT2D eigenvalue weighted by Gasteiger charge is -2.29. The second kappa shape index (κ2) is 14.8. The molecule has 5 atom stereocenters. The SMILES string of the molecule is CCCC(NC(=O)C(NC(=O)c1ccc(Cl)cc1)C1CCCC1)C(=O)N[C@@H](C[C@@H]1CCNC1=O)C(O)C(=O)NC1CC1. The highest BCUT2D eigenvalue weighted by Gasteiger charge is 2.38. The standard InChI is InChI=1S/C30H42ClN5O6/c1-2-5-22(28(40)35-23(16-19-14-15-32-26(19)38)25(37)30(42)33-21-12-13-21)34-29(41)24(17-6-3-4-7-17)36-27(39)18-8-10-20(31)11-9-18/h8-11,17,19,21-25,37H,2-7,12-16H2,1H3,(H,32,38)(H,33,42)(H,34,41)(H,35,40)(H,36,39)/t19-,22?,23-,24?,25?/m0/s1. The summed E-state index contributed by atoms with van der Waals surface area (Å²) in [6.07, 6.45) is 5.07. The molecule has 12 heteroatoms. The summed E-state index contributed by atoms with van der Waals surface area (Å²) in [7, 11) is 0. The number of carbonyl (C=O) groups excluding carboxylic acids is 5. The first kappa shape index (κ1) is 31.7. The average molecular weight is 604 g/mol. The maximum absolute atomic E-state index is 13.6. The zero-order valence-electron chi connectivity index (χ0n) is 24.0. The first-order chi connectivity index (χ1) is 20.2. The third kappa shape index (κ3) is 8.67. The van der Waals surface area contributed by atoms with Gasteiger partial charge < -0.3 is 31.7 Å². The third-order valence-electron chi connectivity index (χ3n) is 8.36. The molecule has 2 aliphatic carbocycles. The Labute approximate surface area is 251 Å². The predicted molar refractivity (Wildman–Crippen MR) is 156 cm³/mol. The van der Waals surface area contributed by atoms with Crippen molar-refractivity contribution in [2.75, 3.05) is 6.54 Å². The molecule has 11 nitrogen and oxygen atoms in total. The Bertz CT molecular complexity index is 1140. The van der Waals surface area contributed by atoms with Crippen LogP contribution in [0.3, 0.4) is 0 Å². The summed E-state index contributed by atoms with van der Waals surface area (Å²) in [5, 5.41) is 25.4. The summed E-state index contributed by atoms with van der Waals surface area (Å²) in [5.41, 5.74) is 0.371. The Morgan fingerprint density at radius 3 is 2.24 bits per heavy atom. The Kier molecular flexibility index (Phi) is 11.2. The number of benzene rings is 1. The van der Waals surface area contributed by atoms with Gasteiger partial charge in [0.15, 0.2) is 6.10 Å². The van der Waals surface area contributed by atoms with Crippen LogP contribution in [-0.2, 0) is 19.2 Å². The van der Waals surface area contributed by atoms with Crippen LogP contribution in [-0.4, -0.2) is 71.5 Å². The number of hydrogen-bond acceptors (Lipinski definition) is 6. The molecule has 0 aromatic heterocycles. The normalized spacial score (nSPS) is 21.5. The third-order valence-corrected chi connectivity index (χ3v) is 8.61. The van der Waals surface area contributed by atoms with Crippen LogP contribution >= 0.6 is 11.6 Å². The molecule has 2 saturated carbocycles. The van der Waals surface area contributed by atoms with Gasteiger partial charge >= 0.3 is 0 Å². The Morgan fingerprint density at radius 1 is 0.952 bits per heavy atom. The van der Waals surface area contributed by atoms with Gasteiger partial charge in [-0.05, 0) is 75.1 Å². The minimum Gasteiger partial charge on any atom is -0.381 e. The summed E-state index contributed by atoms with van der Waals surface area (Å²) in [6.45, 7) is 2.37. The van der Waals surface area contributed by atoms with Crippen molar-refractivity contribution in [2.45, 2.75) is 101 Å². The van der Waals surface area contributed by atoms with E-state index in [1.807, 2.05) is 6.92 Å². The fraction of sp³-hybridized carbons (Fsp3) is 0.633. The zero-order valence-corrected chi connectivity index (χ0v) is 24.8. The molecule has 1 saturated heterocycles. The molecule has 3 aliphatic rings. The van der Waals surface area contributed by atoms with Crippen LogP contribution in [0.4, 0.5) is 0 Å². The maximum atomic E-state index is 13.6. The number of rotatable bonds is 14. The van der Waals surface area contributed by atoms with Gasteiger partial charge in [0.2, 0.25) is 17.7 Å². The van der Waals surface area contributed by atoms with Gasteiger partial charge in [0.1, 0.15) is 12.1 Å². The number of carbonyl (C=O) groups is 5. The summed E-state index contributed by atoms with van der Waals surface area (Å²) >= 11 is 5.95. The largest absolute Gasteiger partial charge is 0.381 e. The summed E-state index contributed by atoms with van der Waals surface area (Å²) < 4.78 is 0. The lowest BCUT2D eigenvalue weighted by Crippen LogP contribution is -2.59. The highest BCUT2D eigenvalue weighted by Crippen LogP contribution is 2.28. The van der Waals surface area contributed by atoms with Crippen LogP contribution in [0, 0.1) is 11.8 Å². The molecule has 5 amide bonds. The molecular weight excluding hydrogens is 562 g/mol. The molecule has 0 radical (unpaired) electrons. The number of nitrogens with one attached hydrogen (secondary N) is 5. The van der Waals surface area contributed by atoms with Crippen molar-refractivity contribution in [3.8, 4) is 0 Å². The van der Waals surface area contributed by atoms with Gasteiger partial charge in [0, 0.05) is 29.1 Å². The van der Waals surface area contributed by atoms with E-state index >= 15 is 0 Å². The second-order valence-electron chi connectivity index (χ2n) is 11.7. The van der Waals surface area contributed by atoms with Crippen LogP contribution < -0.4 is 26.6 Å². The van der Waals surface area contributed by atoms with Gasteiger partial charge in [-0.2, -0.15) is 0 Å². The molecule has 1 aromatic carbocycles. The highest BCUT2D eigenvalue weighted by atomic mass is 35.5. The first-order valence-electron chi connectivity index (χ1n) is 15.1. The fourth-order valence-corrected chi connectivity index (χ4v) is 5.88. The molecule has 42 heavy (non-hydrogen) atoms. The van der Waals surface area contributed by atoms with Crippen LogP contribution in [0.25, 0.3) is 0 Å². The molecule has 1 aromatic rings. The number of aliphatic hydroxyl groups is 1. The van der Waals surface area contributed by atoms with Gasteiger partial charge in [0.25, 0.3) is 11.8 Å². The van der Waals surface area contributed by atoms with E-state index in [9.17, 15) is 29.1 Å². The number of halogens is 1. The molecule has 230 valence electrons. The zero-order chi connectivity index (χ0) is 30.2. The van der Waals surface area contributed by atoms with Crippen molar-refractivity contribution in [1.82, 2.24) is 26.6 Å². The molecule has 1 heterocycles. The van der Waals surface area contributed by atoms with Crippen molar-refractivity contribution in [3.05, 3.63) is 34.9 Å². The molecule has 6 N–H and O–H groups in total. The van der Waals surface area contributed by atoms with Crippen molar-refractivity contribution >= 4 is 41.1 Å². The van der Waals surface area contributed by atoms with Crippen molar-refractivity contribution in [2.24, 2.45) is 11.8 Å². The minimum atomic E-state index is -1.55. The Morgan fingerprint density at radius 2 is 1.64 bits per heavy atom. The molecule has 0 bridgehead atoms. The van der Waals surface area contributed by atoms with E-state index in [4.69, 9.17) is 11.6 Å². The van der Waals surface area contributed by atoms with Crippen LogP contribution in [0.1, 0.15) is 81.5 Å². The number of amides is 5. The van der Waals surface area contributed by atoms with E-state index in [0.717, 1.165) is 38.5 Å². The summed E-state index contributed by atoms with van der Waals surface area (Å²) in [6, 6.07) is 3.58. The molecule has 3 fully saturated rings. The van der Waals surface area contributed by atoms with Crippen LogP contribution in [0.15, 0.2) is 24.3 Å². The molecule has 4 rings (SSSR count). The van der Waals surface area contributed by atoms with Gasteiger partial charge in [-0.15, -0.1) is 0 Å². The molecule has 3 unspecified atom stereocenters. The lowest BCUT2D eigenvalue weighted by molar-refractivity contribution is -0.135. The van der Waals surface area contributed by atoms with E-state index in [-0.39, 0.29) is 24.3 Å². The summed E-state index contributed by atoms with van der Waals surface area (Å²) in [4.78, 5) is 65.1. The van der Waals surface area contributed by atoms with Gasteiger partial charge in [-0.3, -0.25) is 24.0 Å². The van der Waals surface area contributed by atoms with E-state index in [1.165, 1.54) is 0 Å². The van der Waals surface area contributed by atoms with Gasteiger partial charge in [-0.1, -0.05) is 37.8 Å². The number of hydrogen-bond donors (Lipinski definition) is 6. The smallest absolute Gasteiger partial charge is 0.251 e. The van der Waals surface area contributed by atoms with Gasteiger partial charge in [0.05, 0.1) is 6.04 Å². The van der Waals surface area contributed by atoms with E-state index in [0.29, 0.717) is 36.4 Å². The monoisotopic (exact) mass is 603 g/mol. The van der Waals surface area contributed by atoms with Gasteiger partial charge in [-0.25, -0.2) is 0 Å². The van der Waals surface area contributed by atoms with E-state index in [1.54, 1.807) is 24.3 Å². The topological polar surface area (TPSA) is 166 Å². The van der Waals surface area contributed by atoms with E-state index < -0.39 is 53.8 Å². The van der Waals surface area contributed by atoms with E-state index in [2.05, 4.69) is 26.6 Å². The lowest BCUT2D eigenvalue weighted by atomic mass is 9.93. The van der Waals surface area contributed by atoms with Crippen LogP contribution in [0.5, 0.6) is 0 Å². The highest BCUT2D eigenvalue weighted by molar-refractivity contribution is 6.30. The molecule has 0 spiro atoms. The van der Waals surface area contributed by atoms with Crippen molar-refractivity contribution < 1.29 is 29.1 Å². The molecule has 1 aliphatic heterocycles. The summed E-state index contributed by atoms with van der Waals surface area (Å²) in [5.74, 6) is -2.73. The Hall–Kier alpha value is -3.18. The fourth-order valence-electron chi connectivity index (χ4n) is 5.76. The molecular formula is C30H42ClN5O6. The minimum absolute atomic E-state index is 0.0148. The second-order valence-corrected chi connectivity index (χ2v) is 12.1. The Balaban J connectivity index is 1.46. The van der Waals surface area contributed by atoms with Crippen LogP contribution in [0.2, 0.25) is 5.02 Å². The average Bonchev–Trinajstić information content (AvgIpc) is 3.43. The quantitative estimate of drug-likeness (QED) is 0.189. The number of aliphatic hydroxyl groups excluding tert-OH is 1.